The van der Waals surface area contributed by atoms with Crippen LogP contribution in [0.1, 0.15) is 78.6 Å². The first-order valence-corrected chi connectivity index (χ1v) is 8.54. The van der Waals surface area contributed by atoms with Crippen molar-refractivity contribution in [3.05, 3.63) is 11.3 Å². The number of nitrogens with one attached hydrogen (secondary N) is 1. The third kappa shape index (κ3) is 6.54. The van der Waals surface area contributed by atoms with Crippen LogP contribution >= 0.6 is 0 Å². The highest BCUT2D eigenvalue weighted by Gasteiger charge is 2.30. The molecule has 0 unspecified atom stereocenters. The standard InChI is InChI=1S/C18H33NO2/c1-5-6-7-8-9-10-13-19-16-11-12-18(2,3)14-15(16)17(20)21-4/h19H,5-14H2,1-4H3. The topological polar surface area (TPSA) is 38.3 Å². The summed E-state index contributed by atoms with van der Waals surface area (Å²) in [7, 11) is 1.47. The summed E-state index contributed by atoms with van der Waals surface area (Å²) < 4.78 is 4.95. The first kappa shape index (κ1) is 18.1. The van der Waals surface area contributed by atoms with Gasteiger partial charge in [0.15, 0.2) is 0 Å². The van der Waals surface area contributed by atoms with Gasteiger partial charge < -0.3 is 10.1 Å². The molecule has 0 aromatic heterocycles. The second kappa shape index (κ2) is 9.11. The molecule has 0 fully saturated rings. The number of esters is 1. The summed E-state index contributed by atoms with van der Waals surface area (Å²) in [5.41, 5.74) is 2.18. The molecule has 1 rings (SSSR count). The van der Waals surface area contributed by atoms with Crippen molar-refractivity contribution in [1.82, 2.24) is 5.32 Å². The van der Waals surface area contributed by atoms with E-state index in [0.717, 1.165) is 37.1 Å². The lowest BCUT2D eigenvalue weighted by atomic mass is 9.76. The normalized spacial score (nSPS) is 17.7. The van der Waals surface area contributed by atoms with Crippen LogP contribution in [0, 0.1) is 5.41 Å². The van der Waals surface area contributed by atoms with E-state index >= 15 is 0 Å². The summed E-state index contributed by atoms with van der Waals surface area (Å²) in [4.78, 5) is 12.0. The van der Waals surface area contributed by atoms with Crippen molar-refractivity contribution in [1.29, 1.82) is 0 Å². The molecular weight excluding hydrogens is 262 g/mol. The van der Waals surface area contributed by atoms with Gasteiger partial charge in [0.1, 0.15) is 0 Å². The van der Waals surface area contributed by atoms with Gasteiger partial charge in [-0.1, -0.05) is 52.9 Å². The van der Waals surface area contributed by atoms with Gasteiger partial charge in [-0.3, -0.25) is 0 Å². The average molecular weight is 295 g/mol. The van der Waals surface area contributed by atoms with Crippen molar-refractivity contribution in [2.45, 2.75) is 78.6 Å². The summed E-state index contributed by atoms with van der Waals surface area (Å²) in [6.07, 6.45) is 10.7. The van der Waals surface area contributed by atoms with Crippen LogP contribution in [0.5, 0.6) is 0 Å². The molecule has 0 aliphatic heterocycles. The Morgan fingerprint density at radius 1 is 1.19 bits per heavy atom. The predicted octanol–water partition coefficient (Wildman–Crippen LogP) is 4.57. The van der Waals surface area contributed by atoms with E-state index in [-0.39, 0.29) is 11.4 Å². The largest absolute Gasteiger partial charge is 0.466 e. The van der Waals surface area contributed by atoms with Crippen LogP contribution in [0.3, 0.4) is 0 Å². The zero-order valence-corrected chi connectivity index (χ0v) is 14.4. The molecule has 0 heterocycles. The SMILES string of the molecule is CCCCCCCCNC1=C(C(=O)OC)CC(C)(C)CC1. The van der Waals surface area contributed by atoms with Crippen molar-refractivity contribution in [3.63, 3.8) is 0 Å². The van der Waals surface area contributed by atoms with Gasteiger partial charge in [-0.25, -0.2) is 4.79 Å². The number of hydrogen-bond donors (Lipinski definition) is 1. The van der Waals surface area contributed by atoms with Crippen LogP contribution in [0.2, 0.25) is 0 Å². The molecule has 0 saturated heterocycles. The molecule has 0 bridgehead atoms. The Morgan fingerprint density at radius 3 is 2.52 bits per heavy atom. The van der Waals surface area contributed by atoms with E-state index in [1.165, 1.54) is 45.6 Å². The molecular formula is C18H33NO2. The Balaban J connectivity index is 2.42. The quantitative estimate of drug-likeness (QED) is 0.500. The molecule has 0 saturated carbocycles. The predicted molar refractivity (Wildman–Crippen MR) is 88.1 cm³/mol. The second-order valence-electron chi connectivity index (χ2n) is 6.98. The maximum atomic E-state index is 12.0. The smallest absolute Gasteiger partial charge is 0.335 e. The van der Waals surface area contributed by atoms with Gasteiger partial charge in [0.25, 0.3) is 0 Å². The van der Waals surface area contributed by atoms with Crippen molar-refractivity contribution in [2.75, 3.05) is 13.7 Å². The maximum Gasteiger partial charge on any atom is 0.335 e. The first-order valence-electron chi connectivity index (χ1n) is 8.54. The fraction of sp³-hybridized carbons (Fsp3) is 0.833. The minimum atomic E-state index is -0.159. The molecule has 21 heavy (non-hydrogen) atoms. The van der Waals surface area contributed by atoms with Gasteiger partial charge in [0.2, 0.25) is 0 Å². The van der Waals surface area contributed by atoms with Gasteiger partial charge in [0.05, 0.1) is 12.7 Å². The minimum absolute atomic E-state index is 0.159. The van der Waals surface area contributed by atoms with Crippen molar-refractivity contribution in [2.24, 2.45) is 5.41 Å². The molecule has 3 nitrogen and oxygen atoms in total. The van der Waals surface area contributed by atoms with Gasteiger partial charge in [-0.2, -0.15) is 0 Å². The molecule has 0 atom stereocenters. The Bertz CT molecular complexity index is 358. The lowest BCUT2D eigenvalue weighted by Crippen LogP contribution is -2.29. The van der Waals surface area contributed by atoms with Crippen molar-refractivity contribution < 1.29 is 9.53 Å². The summed E-state index contributed by atoms with van der Waals surface area (Å²) in [5, 5.41) is 3.49. The molecule has 1 N–H and O–H groups in total. The van der Waals surface area contributed by atoms with Crippen LogP contribution < -0.4 is 5.32 Å². The van der Waals surface area contributed by atoms with E-state index in [9.17, 15) is 4.79 Å². The van der Waals surface area contributed by atoms with E-state index in [1.54, 1.807) is 0 Å². The van der Waals surface area contributed by atoms with Gasteiger partial charge in [-0.15, -0.1) is 0 Å². The average Bonchev–Trinajstić information content (AvgIpc) is 2.46. The number of methoxy groups -OCH3 is 1. The molecule has 0 radical (unpaired) electrons. The number of ether oxygens (including phenoxy) is 1. The number of carbonyl (C=O) groups excluding carboxylic acids is 1. The maximum absolute atomic E-state index is 12.0. The van der Waals surface area contributed by atoms with Gasteiger partial charge in [0, 0.05) is 12.2 Å². The van der Waals surface area contributed by atoms with E-state index < -0.39 is 0 Å². The molecule has 3 heteroatoms. The fourth-order valence-electron chi connectivity index (χ4n) is 2.95. The van der Waals surface area contributed by atoms with E-state index in [1.807, 2.05) is 0 Å². The van der Waals surface area contributed by atoms with E-state index in [2.05, 4.69) is 26.1 Å². The number of unbranched alkanes of at least 4 members (excludes halogenated alkanes) is 5. The molecule has 0 aromatic rings. The summed E-state index contributed by atoms with van der Waals surface area (Å²) in [5.74, 6) is -0.159. The highest BCUT2D eigenvalue weighted by atomic mass is 16.5. The van der Waals surface area contributed by atoms with Crippen LogP contribution in [-0.2, 0) is 9.53 Å². The molecule has 122 valence electrons. The Kier molecular flexibility index (Phi) is 7.84. The van der Waals surface area contributed by atoms with Crippen molar-refractivity contribution in [3.8, 4) is 0 Å². The zero-order chi connectivity index (χ0) is 15.7. The van der Waals surface area contributed by atoms with Gasteiger partial charge in [-0.05, 0) is 31.1 Å². The molecule has 0 amide bonds. The molecule has 1 aliphatic rings. The van der Waals surface area contributed by atoms with Gasteiger partial charge >= 0.3 is 5.97 Å². The highest BCUT2D eigenvalue weighted by molar-refractivity contribution is 5.89. The summed E-state index contributed by atoms with van der Waals surface area (Å²) in [6, 6.07) is 0. The first-order chi connectivity index (χ1) is 10.00. The van der Waals surface area contributed by atoms with E-state index in [0.29, 0.717) is 0 Å². The minimum Gasteiger partial charge on any atom is -0.466 e. The lowest BCUT2D eigenvalue weighted by Gasteiger charge is -2.32. The molecule has 0 aromatic carbocycles. The van der Waals surface area contributed by atoms with Crippen LogP contribution in [0.15, 0.2) is 11.3 Å². The highest BCUT2D eigenvalue weighted by Crippen LogP contribution is 2.38. The van der Waals surface area contributed by atoms with Crippen LogP contribution in [0.25, 0.3) is 0 Å². The monoisotopic (exact) mass is 295 g/mol. The molecule has 1 aliphatic carbocycles. The number of carbonyl (C=O) groups is 1. The van der Waals surface area contributed by atoms with E-state index in [4.69, 9.17) is 4.74 Å². The third-order valence-corrected chi connectivity index (χ3v) is 4.37. The zero-order valence-electron chi connectivity index (χ0n) is 14.4. The van der Waals surface area contributed by atoms with Crippen LogP contribution in [0.4, 0.5) is 0 Å². The van der Waals surface area contributed by atoms with Crippen LogP contribution in [-0.4, -0.2) is 19.6 Å². The Morgan fingerprint density at radius 2 is 1.86 bits per heavy atom. The third-order valence-electron chi connectivity index (χ3n) is 4.37. The molecule has 0 spiro atoms. The second-order valence-corrected chi connectivity index (χ2v) is 6.98. The summed E-state index contributed by atoms with van der Waals surface area (Å²) in [6.45, 7) is 7.66. The number of hydrogen-bond acceptors (Lipinski definition) is 3. The van der Waals surface area contributed by atoms with Crippen molar-refractivity contribution >= 4 is 5.97 Å². The lowest BCUT2D eigenvalue weighted by molar-refractivity contribution is -0.136. The fourth-order valence-corrected chi connectivity index (χ4v) is 2.95. The number of rotatable bonds is 9. The Labute approximate surface area is 130 Å². The summed E-state index contributed by atoms with van der Waals surface area (Å²) >= 11 is 0. The Hall–Kier alpha value is -0.990. The number of allylic oxidation sites excluding steroid dienone is 1.